The molecule has 2 rings (SSSR count). The summed E-state index contributed by atoms with van der Waals surface area (Å²) >= 11 is 12.1. The van der Waals surface area contributed by atoms with Crippen molar-refractivity contribution in [3.63, 3.8) is 0 Å². The van der Waals surface area contributed by atoms with Crippen LogP contribution in [-0.2, 0) is 6.54 Å². The van der Waals surface area contributed by atoms with E-state index in [1.165, 1.54) is 5.56 Å². The number of nitrogens with zero attached hydrogens (tertiary/aromatic N) is 1. The molecule has 0 heterocycles. The first-order chi connectivity index (χ1) is 10.1. The number of hydrogen-bond acceptors (Lipinski definition) is 2. The van der Waals surface area contributed by atoms with Gasteiger partial charge >= 0.3 is 0 Å². The summed E-state index contributed by atoms with van der Waals surface area (Å²) in [5.41, 5.74) is 8.19. The lowest BCUT2D eigenvalue weighted by Crippen LogP contribution is -2.31. The normalized spacial score (nSPS) is 12.6. The predicted octanol–water partition coefficient (Wildman–Crippen LogP) is 4.52. The third-order valence-corrected chi connectivity index (χ3v) is 4.36. The van der Waals surface area contributed by atoms with E-state index in [-0.39, 0.29) is 6.04 Å². The minimum atomic E-state index is 0.225. The fraction of sp³-hybridized carbons (Fsp3) is 0.294. The van der Waals surface area contributed by atoms with Crippen molar-refractivity contribution in [2.75, 3.05) is 13.1 Å². The van der Waals surface area contributed by atoms with Crippen molar-refractivity contribution < 1.29 is 0 Å². The first-order valence-corrected chi connectivity index (χ1v) is 7.80. The maximum absolute atomic E-state index is 6.12. The molecule has 0 aliphatic carbocycles. The SMILES string of the molecule is CC(c1ccc(Cl)c(Cl)c1)N(CCN)Cc1ccccc1. The van der Waals surface area contributed by atoms with Crippen molar-refractivity contribution in [3.05, 3.63) is 69.7 Å². The Morgan fingerprint density at radius 3 is 2.38 bits per heavy atom. The zero-order valence-electron chi connectivity index (χ0n) is 12.1. The second kappa shape index (κ2) is 7.81. The van der Waals surface area contributed by atoms with Crippen molar-refractivity contribution in [1.29, 1.82) is 0 Å². The highest BCUT2D eigenvalue weighted by molar-refractivity contribution is 6.42. The fourth-order valence-corrected chi connectivity index (χ4v) is 2.68. The van der Waals surface area contributed by atoms with Crippen LogP contribution in [0.4, 0.5) is 0 Å². The summed E-state index contributed by atoms with van der Waals surface area (Å²) in [5, 5.41) is 1.18. The summed E-state index contributed by atoms with van der Waals surface area (Å²) in [6.07, 6.45) is 0. The summed E-state index contributed by atoms with van der Waals surface area (Å²) in [6, 6.07) is 16.4. The van der Waals surface area contributed by atoms with Gasteiger partial charge in [0.1, 0.15) is 0 Å². The van der Waals surface area contributed by atoms with Gasteiger partial charge in [-0.25, -0.2) is 0 Å². The van der Waals surface area contributed by atoms with Gasteiger partial charge in [0.15, 0.2) is 0 Å². The average molecular weight is 323 g/mol. The summed E-state index contributed by atoms with van der Waals surface area (Å²) in [5.74, 6) is 0. The number of nitrogens with two attached hydrogens (primary N) is 1. The molecule has 0 spiro atoms. The van der Waals surface area contributed by atoms with E-state index in [9.17, 15) is 0 Å². The van der Waals surface area contributed by atoms with E-state index in [2.05, 4.69) is 36.1 Å². The molecule has 2 N–H and O–H groups in total. The van der Waals surface area contributed by atoms with E-state index in [0.29, 0.717) is 16.6 Å². The minimum absolute atomic E-state index is 0.225. The van der Waals surface area contributed by atoms with Gasteiger partial charge in [-0.2, -0.15) is 0 Å². The van der Waals surface area contributed by atoms with Gasteiger partial charge in [-0.15, -0.1) is 0 Å². The highest BCUT2D eigenvalue weighted by Crippen LogP contribution is 2.28. The van der Waals surface area contributed by atoms with Crippen molar-refractivity contribution >= 4 is 23.2 Å². The predicted molar refractivity (Wildman–Crippen MR) is 90.8 cm³/mol. The molecule has 1 unspecified atom stereocenters. The molecule has 21 heavy (non-hydrogen) atoms. The maximum atomic E-state index is 6.12. The molecule has 112 valence electrons. The second-order valence-electron chi connectivity index (χ2n) is 5.09. The van der Waals surface area contributed by atoms with Gasteiger partial charge in [-0.05, 0) is 30.2 Å². The van der Waals surface area contributed by atoms with Gasteiger partial charge in [-0.3, -0.25) is 4.90 Å². The number of hydrogen-bond donors (Lipinski definition) is 1. The molecule has 4 heteroatoms. The van der Waals surface area contributed by atoms with Gasteiger partial charge in [0.2, 0.25) is 0 Å². The van der Waals surface area contributed by atoms with Crippen LogP contribution >= 0.6 is 23.2 Å². The van der Waals surface area contributed by atoms with Crippen LogP contribution in [0.1, 0.15) is 24.1 Å². The molecule has 0 saturated carbocycles. The quantitative estimate of drug-likeness (QED) is 0.847. The molecule has 0 fully saturated rings. The maximum Gasteiger partial charge on any atom is 0.0595 e. The molecule has 0 saturated heterocycles. The van der Waals surface area contributed by atoms with E-state index >= 15 is 0 Å². The average Bonchev–Trinajstić information content (AvgIpc) is 2.50. The first-order valence-electron chi connectivity index (χ1n) is 7.05. The Labute approximate surface area is 136 Å². The fourth-order valence-electron chi connectivity index (χ4n) is 2.38. The third-order valence-electron chi connectivity index (χ3n) is 3.62. The topological polar surface area (TPSA) is 29.3 Å². The van der Waals surface area contributed by atoms with Crippen molar-refractivity contribution in [2.24, 2.45) is 5.73 Å². The zero-order chi connectivity index (χ0) is 15.2. The molecule has 2 nitrogen and oxygen atoms in total. The van der Waals surface area contributed by atoms with Crippen LogP contribution in [-0.4, -0.2) is 18.0 Å². The smallest absolute Gasteiger partial charge is 0.0595 e. The summed E-state index contributed by atoms with van der Waals surface area (Å²) < 4.78 is 0. The van der Waals surface area contributed by atoms with Gasteiger partial charge in [0.05, 0.1) is 10.0 Å². The standard InChI is InChI=1S/C17H20Cl2N2/c1-13(15-7-8-16(18)17(19)11-15)21(10-9-20)12-14-5-3-2-4-6-14/h2-8,11,13H,9-10,12,20H2,1H3. The van der Waals surface area contributed by atoms with E-state index in [4.69, 9.17) is 28.9 Å². The Morgan fingerprint density at radius 2 is 1.76 bits per heavy atom. The van der Waals surface area contributed by atoms with Crippen LogP contribution in [0.3, 0.4) is 0 Å². The molecular formula is C17H20Cl2N2. The summed E-state index contributed by atoms with van der Waals surface area (Å²) in [4.78, 5) is 2.34. The highest BCUT2D eigenvalue weighted by atomic mass is 35.5. The lowest BCUT2D eigenvalue weighted by atomic mass is 10.1. The Morgan fingerprint density at radius 1 is 1.05 bits per heavy atom. The Balaban J connectivity index is 2.18. The minimum Gasteiger partial charge on any atom is -0.329 e. The van der Waals surface area contributed by atoms with Crippen LogP contribution < -0.4 is 5.73 Å². The lowest BCUT2D eigenvalue weighted by Gasteiger charge is -2.29. The molecular weight excluding hydrogens is 303 g/mol. The molecule has 2 aromatic carbocycles. The molecule has 0 aliphatic heterocycles. The van der Waals surface area contributed by atoms with Crippen molar-refractivity contribution in [3.8, 4) is 0 Å². The Hall–Kier alpha value is -1.06. The Kier molecular flexibility index (Phi) is 6.07. The van der Waals surface area contributed by atoms with Gasteiger partial charge in [0, 0.05) is 25.7 Å². The first kappa shape index (κ1) is 16.3. The summed E-state index contributed by atoms with van der Waals surface area (Å²) in [7, 11) is 0. The number of rotatable bonds is 6. The van der Waals surface area contributed by atoms with Crippen molar-refractivity contribution in [1.82, 2.24) is 4.90 Å². The molecule has 0 radical (unpaired) electrons. The lowest BCUT2D eigenvalue weighted by molar-refractivity contribution is 0.207. The van der Waals surface area contributed by atoms with Crippen LogP contribution in [0.2, 0.25) is 10.0 Å². The second-order valence-corrected chi connectivity index (χ2v) is 5.91. The van der Waals surface area contributed by atoms with Crippen molar-refractivity contribution in [2.45, 2.75) is 19.5 Å². The number of benzene rings is 2. The molecule has 0 aliphatic rings. The summed E-state index contributed by atoms with van der Waals surface area (Å²) in [6.45, 7) is 4.48. The van der Waals surface area contributed by atoms with Crippen LogP contribution in [0.25, 0.3) is 0 Å². The zero-order valence-corrected chi connectivity index (χ0v) is 13.6. The largest absolute Gasteiger partial charge is 0.329 e. The highest BCUT2D eigenvalue weighted by Gasteiger charge is 2.16. The van der Waals surface area contributed by atoms with Gasteiger partial charge in [-0.1, -0.05) is 59.6 Å². The molecule has 0 amide bonds. The molecule has 0 aromatic heterocycles. The van der Waals surface area contributed by atoms with Crippen LogP contribution in [0.15, 0.2) is 48.5 Å². The third kappa shape index (κ3) is 4.45. The van der Waals surface area contributed by atoms with Gasteiger partial charge < -0.3 is 5.73 Å². The van der Waals surface area contributed by atoms with E-state index in [1.807, 2.05) is 24.3 Å². The van der Waals surface area contributed by atoms with Gasteiger partial charge in [0.25, 0.3) is 0 Å². The Bertz CT molecular complexity index is 572. The van der Waals surface area contributed by atoms with E-state index < -0.39 is 0 Å². The van der Waals surface area contributed by atoms with E-state index in [0.717, 1.165) is 18.7 Å². The van der Waals surface area contributed by atoms with Crippen LogP contribution in [0, 0.1) is 0 Å². The monoisotopic (exact) mass is 322 g/mol. The van der Waals surface area contributed by atoms with Crippen LogP contribution in [0.5, 0.6) is 0 Å². The molecule has 2 aromatic rings. The van der Waals surface area contributed by atoms with E-state index in [1.54, 1.807) is 0 Å². The number of halogens is 2. The molecule has 0 bridgehead atoms. The molecule has 1 atom stereocenters.